The normalized spacial score (nSPS) is 22.1. The van der Waals surface area contributed by atoms with Crippen LogP contribution in [0.3, 0.4) is 0 Å². The van der Waals surface area contributed by atoms with Crippen molar-refractivity contribution in [1.82, 2.24) is 0 Å². The lowest BCUT2D eigenvalue weighted by atomic mass is 10.1. The lowest BCUT2D eigenvalue weighted by Gasteiger charge is -2.43. The van der Waals surface area contributed by atoms with E-state index in [-0.39, 0.29) is 11.1 Å². The average Bonchev–Trinajstić information content (AvgIpc) is 3.04. The van der Waals surface area contributed by atoms with Crippen molar-refractivity contribution in [3.05, 3.63) is 60.7 Å². The van der Waals surface area contributed by atoms with E-state index < -0.39 is 26.3 Å². The maximum Gasteiger partial charge on any atom is 0.261 e. The number of rotatable bonds is 7. The maximum absolute atomic E-state index is 7.02. The van der Waals surface area contributed by atoms with Gasteiger partial charge in [0.05, 0.1) is 6.61 Å². The molecule has 2 aromatic carbocycles. The topological polar surface area (TPSA) is 36.9 Å². The van der Waals surface area contributed by atoms with Gasteiger partial charge in [0.15, 0.2) is 5.79 Å². The Balaban J connectivity index is 2.03. The Hall–Kier alpha value is -1.94. The number of hydrogen-bond acceptors (Lipinski definition) is 4. The van der Waals surface area contributed by atoms with Gasteiger partial charge in [-0.15, -0.1) is 6.42 Å². The summed E-state index contributed by atoms with van der Waals surface area (Å²) < 4.78 is 24.9. The summed E-state index contributed by atoms with van der Waals surface area (Å²) >= 11 is 0. The Bertz CT molecular complexity index is 844. The highest BCUT2D eigenvalue weighted by Crippen LogP contribution is 2.38. The molecule has 3 atom stereocenters. The molecule has 0 aliphatic carbocycles. The minimum absolute atomic E-state index is 0.118. The highest BCUT2D eigenvalue weighted by Gasteiger charge is 2.52. The van der Waals surface area contributed by atoms with Crippen molar-refractivity contribution >= 4 is 18.7 Å². The molecule has 1 aliphatic heterocycles. The molecule has 1 heterocycles. The predicted octanol–water partition coefficient (Wildman–Crippen LogP) is 3.73. The van der Waals surface area contributed by atoms with Gasteiger partial charge in [-0.25, -0.2) is 0 Å². The van der Waals surface area contributed by atoms with Crippen molar-refractivity contribution in [3.8, 4) is 12.3 Å². The van der Waals surface area contributed by atoms with Crippen molar-refractivity contribution in [2.75, 3.05) is 13.7 Å². The summed E-state index contributed by atoms with van der Waals surface area (Å²) in [5.41, 5.74) is 0. The third-order valence-electron chi connectivity index (χ3n) is 5.82. The van der Waals surface area contributed by atoms with Crippen LogP contribution >= 0.6 is 0 Å². The SMILES string of the molecule is C#C[C@H](OC)[C@@H]1OC(C)(C)O[C@H]1CO[Si](c1ccccc1)(c1ccccc1)C(C)(C)C. The molecule has 5 heteroatoms. The lowest BCUT2D eigenvalue weighted by molar-refractivity contribution is -0.155. The molecular formula is C26H34O4Si. The minimum Gasteiger partial charge on any atom is -0.405 e. The van der Waals surface area contributed by atoms with Crippen LogP contribution in [0.5, 0.6) is 0 Å². The summed E-state index contributed by atoms with van der Waals surface area (Å²) in [5.74, 6) is 1.93. The van der Waals surface area contributed by atoms with Gasteiger partial charge in [-0.1, -0.05) is 87.4 Å². The van der Waals surface area contributed by atoms with Crippen LogP contribution in [-0.2, 0) is 18.6 Å². The first-order valence-corrected chi connectivity index (χ1v) is 12.6. The molecule has 1 fully saturated rings. The second-order valence-electron chi connectivity index (χ2n) is 9.44. The van der Waals surface area contributed by atoms with Gasteiger partial charge >= 0.3 is 0 Å². The van der Waals surface area contributed by atoms with Crippen LogP contribution in [0, 0.1) is 12.3 Å². The monoisotopic (exact) mass is 438 g/mol. The second kappa shape index (κ2) is 9.28. The molecule has 1 saturated heterocycles. The minimum atomic E-state index is -2.68. The molecule has 0 saturated carbocycles. The van der Waals surface area contributed by atoms with Crippen LogP contribution < -0.4 is 10.4 Å². The van der Waals surface area contributed by atoms with E-state index in [4.69, 9.17) is 25.1 Å². The van der Waals surface area contributed by atoms with E-state index in [1.807, 2.05) is 26.0 Å². The number of methoxy groups -OCH3 is 1. The molecule has 4 nitrogen and oxygen atoms in total. The van der Waals surface area contributed by atoms with Crippen molar-refractivity contribution in [2.24, 2.45) is 0 Å². The van der Waals surface area contributed by atoms with Crippen LogP contribution in [-0.4, -0.2) is 46.1 Å². The molecule has 0 radical (unpaired) electrons. The van der Waals surface area contributed by atoms with E-state index in [0.29, 0.717) is 6.61 Å². The summed E-state index contributed by atoms with van der Waals surface area (Å²) in [6, 6.07) is 21.1. The number of ether oxygens (including phenoxy) is 3. The summed E-state index contributed by atoms with van der Waals surface area (Å²) in [6.45, 7) is 10.9. The quantitative estimate of drug-likeness (QED) is 0.488. The van der Waals surface area contributed by atoms with Crippen molar-refractivity contribution in [1.29, 1.82) is 0 Å². The van der Waals surface area contributed by atoms with Gasteiger partial charge in [0.25, 0.3) is 8.32 Å². The summed E-state index contributed by atoms with van der Waals surface area (Å²) in [7, 11) is -1.08. The van der Waals surface area contributed by atoms with Crippen molar-refractivity contribution < 1.29 is 18.6 Å². The molecule has 166 valence electrons. The first-order valence-electron chi connectivity index (χ1n) is 10.7. The summed E-state index contributed by atoms with van der Waals surface area (Å²) in [6.07, 6.45) is 4.46. The van der Waals surface area contributed by atoms with E-state index in [1.54, 1.807) is 7.11 Å². The summed E-state index contributed by atoms with van der Waals surface area (Å²) in [5, 5.41) is 2.33. The van der Waals surface area contributed by atoms with Crippen LogP contribution in [0.4, 0.5) is 0 Å². The van der Waals surface area contributed by atoms with E-state index in [0.717, 1.165) is 0 Å². The predicted molar refractivity (Wildman–Crippen MR) is 127 cm³/mol. The lowest BCUT2D eigenvalue weighted by Crippen LogP contribution is -2.67. The Morgan fingerprint density at radius 3 is 1.94 bits per heavy atom. The Morgan fingerprint density at radius 2 is 1.52 bits per heavy atom. The van der Waals surface area contributed by atoms with Gasteiger partial charge in [-0.3, -0.25) is 0 Å². The molecule has 2 aromatic rings. The van der Waals surface area contributed by atoms with Gasteiger partial charge in [0.1, 0.15) is 18.3 Å². The third-order valence-corrected chi connectivity index (χ3v) is 10.8. The maximum atomic E-state index is 7.02. The second-order valence-corrected chi connectivity index (χ2v) is 13.7. The van der Waals surface area contributed by atoms with Gasteiger partial charge < -0.3 is 18.6 Å². The van der Waals surface area contributed by atoms with Crippen molar-refractivity contribution in [2.45, 2.75) is 63.8 Å². The zero-order chi connectivity index (χ0) is 22.7. The average molecular weight is 439 g/mol. The van der Waals surface area contributed by atoms with E-state index in [2.05, 4.69) is 75.2 Å². The molecular weight excluding hydrogens is 404 g/mol. The molecule has 0 amide bonds. The number of benzene rings is 2. The van der Waals surface area contributed by atoms with Gasteiger partial charge in [-0.05, 0) is 29.3 Å². The highest BCUT2D eigenvalue weighted by molar-refractivity contribution is 6.99. The largest absolute Gasteiger partial charge is 0.405 e. The fourth-order valence-corrected chi connectivity index (χ4v) is 9.08. The van der Waals surface area contributed by atoms with Gasteiger partial charge in [0.2, 0.25) is 0 Å². The Morgan fingerprint density at radius 1 is 1.00 bits per heavy atom. The zero-order valence-electron chi connectivity index (χ0n) is 19.4. The van der Waals surface area contributed by atoms with Gasteiger partial charge in [0, 0.05) is 7.11 Å². The molecule has 0 spiro atoms. The van der Waals surface area contributed by atoms with Gasteiger partial charge in [-0.2, -0.15) is 0 Å². The zero-order valence-corrected chi connectivity index (χ0v) is 20.4. The van der Waals surface area contributed by atoms with Crippen LogP contribution in [0.25, 0.3) is 0 Å². The van der Waals surface area contributed by atoms with E-state index in [9.17, 15) is 0 Å². The fraction of sp³-hybridized carbons (Fsp3) is 0.462. The smallest absolute Gasteiger partial charge is 0.261 e. The molecule has 31 heavy (non-hydrogen) atoms. The number of terminal acetylenes is 1. The number of hydrogen-bond donors (Lipinski definition) is 0. The molecule has 0 bridgehead atoms. The standard InChI is InChI=1S/C26H34O4Si/c1-8-22(27-7)24-23(29-26(5,6)30-24)19-28-31(25(2,3)4,20-15-11-9-12-16-20)21-17-13-10-14-18-21/h1,9-18,22-24H,19H2,2-7H3/t22-,23-,24-/m0/s1. The fourth-order valence-electron chi connectivity index (χ4n) is 4.51. The van der Waals surface area contributed by atoms with Crippen LogP contribution in [0.1, 0.15) is 34.6 Å². The summed E-state index contributed by atoms with van der Waals surface area (Å²) in [4.78, 5) is 0. The first kappa shape index (κ1) is 23.7. The molecule has 0 unspecified atom stereocenters. The molecule has 1 aliphatic rings. The first-order chi connectivity index (χ1) is 14.6. The Kier molecular flexibility index (Phi) is 7.10. The Labute approximate surface area is 188 Å². The third kappa shape index (κ3) is 4.79. The molecule has 3 rings (SSSR count). The molecule has 0 aromatic heterocycles. The van der Waals surface area contributed by atoms with E-state index in [1.165, 1.54) is 10.4 Å². The van der Waals surface area contributed by atoms with E-state index >= 15 is 0 Å². The van der Waals surface area contributed by atoms with Crippen LogP contribution in [0.2, 0.25) is 5.04 Å². The highest BCUT2D eigenvalue weighted by atomic mass is 28.4. The van der Waals surface area contributed by atoms with Crippen molar-refractivity contribution in [3.63, 3.8) is 0 Å². The van der Waals surface area contributed by atoms with Crippen LogP contribution in [0.15, 0.2) is 60.7 Å². The molecule has 0 N–H and O–H groups in total.